The molecule has 1 aromatic heterocycles. The minimum absolute atomic E-state index is 0.0124. The number of H-pyrrole nitrogens is 1. The first-order valence-electron chi connectivity index (χ1n) is 8.64. The minimum Gasteiger partial charge on any atom is -0.354 e. The molecule has 0 radical (unpaired) electrons. The second kappa shape index (κ2) is 6.01. The lowest BCUT2D eigenvalue weighted by Gasteiger charge is -2.35. The molecule has 4 rings (SSSR count). The van der Waals surface area contributed by atoms with E-state index >= 15 is 0 Å². The Morgan fingerprint density at radius 3 is 2.56 bits per heavy atom. The maximum absolute atomic E-state index is 12.7. The quantitative estimate of drug-likeness (QED) is 0.630. The van der Waals surface area contributed by atoms with Crippen molar-refractivity contribution in [2.24, 2.45) is 0 Å². The highest BCUT2D eigenvalue weighted by Gasteiger charge is 2.28. The molecule has 1 aliphatic heterocycles. The number of rotatable bonds is 2. The van der Waals surface area contributed by atoms with Crippen LogP contribution in [0.15, 0.2) is 47.3 Å². The molecule has 1 aliphatic rings. The third kappa shape index (κ3) is 2.91. The summed E-state index contributed by atoms with van der Waals surface area (Å²) in [7, 11) is 0. The second-order valence-electron chi connectivity index (χ2n) is 7.02. The molecule has 0 atom stereocenters. The maximum atomic E-state index is 12.7. The molecule has 3 aromatic rings. The Morgan fingerprint density at radius 2 is 1.76 bits per heavy atom. The number of hydrogen-bond acceptors (Lipinski definition) is 3. The number of para-hydroxylation sites is 1. The Kier molecular flexibility index (Phi) is 3.81. The van der Waals surface area contributed by atoms with Crippen LogP contribution in [0.4, 0.5) is 0 Å². The van der Waals surface area contributed by atoms with Crippen molar-refractivity contribution >= 4 is 27.7 Å². The van der Waals surface area contributed by atoms with Crippen LogP contribution in [0.25, 0.3) is 21.8 Å². The summed E-state index contributed by atoms with van der Waals surface area (Å²) in [4.78, 5) is 28.6. The van der Waals surface area contributed by atoms with E-state index in [2.05, 4.69) is 22.5 Å². The van der Waals surface area contributed by atoms with Crippen molar-refractivity contribution in [2.75, 3.05) is 13.1 Å². The molecule has 2 aromatic carbocycles. The van der Waals surface area contributed by atoms with E-state index in [1.54, 1.807) is 18.2 Å². The van der Waals surface area contributed by atoms with Crippen molar-refractivity contribution in [3.63, 3.8) is 0 Å². The third-order valence-electron chi connectivity index (χ3n) is 5.09. The summed E-state index contributed by atoms with van der Waals surface area (Å²) < 4.78 is 0. The predicted molar refractivity (Wildman–Crippen MR) is 100 cm³/mol. The summed E-state index contributed by atoms with van der Waals surface area (Å²) in [6.07, 6.45) is 1.82. The van der Waals surface area contributed by atoms with Crippen LogP contribution in [-0.4, -0.2) is 29.5 Å². The lowest BCUT2D eigenvalue weighted by Crippen LogP contribution is -2.52. The summed E-state index contributed by atoms with van der Waals surface area (Å²) in [6, 6.07) is 12.7. The summed E-state index contributed by atoms with van der Waals surface area (Å²) in [5, 5.41) is 7.73. The number of benzene rings is 2. The number of aromatic amines is 1. The summed E-state index contributed by atoms with van der Waals surface area (Å²) >= 11 is 0. The van der Waals surface area contributed by atoms with Crippen molar-refractivity contribution in [1.82, 2.24) is 15.6 Å². The lowest BCUT2D eigenvalue weighted by atomic mass is 9.90. The van der Waals surface area contributed by atoms with E-state index in [4.69, 9.17) is 0 Å². The van der Waals surface area contributed by atoms with Gasteiger partial charge in [0.2, 0.25) is 0 Å². The largest absolute Gasteiger partial charge is 0.354 e. The number of fused-ring (bicyclic) bond motifs is 2. The number of pyridine rings is 1. The molecule has 3 N–H and O–H groups in total. The molecule has 128 valence electrons. The van der Waals surface area contributed by atoms with Crippen LogP contribution in [0.1, 0.15) is 30.1 Å². The van der Waals surface area contributed by atoms with E-state index in [0.717, 1.165) is 31.4 Å². The fraction of sp³-hybridized carbons (Fsp3) is 0.300. The zero-order valence-electron chi connectivity index (χ0n) is 14.2. The van der Waals surface area contributed by atoms with Gasteiger partial charge in [-0.25, -0.2) is 0 Å². The SMILES string of the molecule is CC1(NC(=O)c2ccc3c(=O)c4ccccc4[nH]c3c2)CCNCC1. The molecule has 1 saturated heterocycles. The van der Waals surface area contributed by atoms with Crippen molar-refractivity contribution in [3.05, 3.63) is 58.3 Å². The predicted octanol–water partition coefficient (Wildman–Crippen LogP) is 2.55. The molecule has 25 heavy (non-hydrogen) atoms. The van der Waals surface area contributed by atoms with Gasteiger partial charge >= 0.3 is 0 Å². The normalized spacial score (nSPS) is 16.8. The van der Waals surface area contributed by atoms with Gasteiger partial charge in [0.15, 0.2) is 5.43 Å². The number of nitrogens with one attached hydrogen (secondary N) is 3. The first-order chi connectivity index (χ1) is 12.1. The molecule has 5 nitrogen and oxygen atoms in total. The maximum Gasteiger partial charge on any atom is 0.251 e. The molecule has 0 bridgehead atoms. The first kappa shape index (κ1) is 15.8. The number of amides is 1. The topological polar surface area (TPSA) is 74.0 Å². The van der Waals surface area contributed by atoms with Gasteiger partial charge in [-0.2, -0.15) is 0 Å². The average Bonchev–Trinajstić information content (AvgIpc) is 2.62. The van der Waals surface area contributed by atoms with Crippen LogP contribution in [0.2, 0.25) is 0 Å². The second-order valence-corrected chi connectivity index (χ2v) is 7.02. The van der Waals surface area contributed by atoms with Gasteiger partial charge in [-0.3, -0.25) is 9.59 Å². The van der Waals surface area contributed by atoms with Crippen LogP contribution in [0.3, 0.4) is 0 Å². The lowest BCUT2D eigenvalue weighted by molar-refractivity contribution is 0.0887. The Labute approximate surface area is 145 Å². The van der Waals surface area contributed by atoms with Crippen LogP contribution < -0.4 is 16.1 Å². The highest BCUT2D eigenvalue weighted by molar-refractivity contribution is 6.00. The van der Waals surface area contributed by atoms with Crippen LogP contribution >= 0.6 is 0 Å². The van der Waals surface area contributed by atoms with Gasteiger partial charge in [-0.05, 0) is 63.2 Å². The smallest absolute Gasteiger partial charge is 0.251 e. The van der Waals surface area contributed by atoms with Crippen LogP contribution in [0.5, 0.6) is 0 Å². The van der Waals surface area contributed by atoms with Gasteiger partial charge in [0.1, 0.15) is 0 Å². The van der Waals surface area contributed by atoms with E-state index in [-0.39, 0.29) is 16.9 Å². The number of carbonyl (C=O) groups is 1. The zero-order chi connectivity index (χ0) is 17.4. The summed E-state index contributed by atoms with van der Waals surface area (Å²) in [6.45, 7) is 3.91. The van der Waals surface area contributed by atoms with Gasteiger partial charge in [-0.15, -0.1) is 0 Å². The third-order valence-corrected chi connectivity index (χ3v) is 5.09. The number of carbonyl (C=O) groups excluding carboxylic acids is 1. The van der Waals surface area contributed by atoms with E-state index in [1.807, 2.05) is 24.3 Å². The van der Waals surface area contributed by atoms with E-state index in [9.17, 15) is 9.59 Å². The van der Waals surface area contributed by atoms with Crippen molar-refractivity contribution in [2.45, 2.75) is 25.3 Å². The Bertz CT molecular complexity index is 1020. The molecule has 0 unspecified atom stereocenters. The van der Waals surface area contributed by atoms with E-state index in [0.29, 0.717) is 21.9 Å². The molecule has 1 amide bonds. The standard InChI is InChI=1S/C20H21N3O2/c1-20(8-10-21-11-9-20)23-19(25)13-6-7-15-17(12-13)22-16-5-3-2-4-14(16)18(15)24/h2-7,12,21H,8-11H2,1H3,(H,22,24)(H,23,25). The van der Waals surface area contributed by atoms with Gasteiger partial charge < -0.3 is 15.6 Å². The van der Waals surface area contributed by atoms with Gasteiger partial charge in [0.25, 0.3) is 5.91 Å². The molecule has 1 fully saturated rings. The zero-order valence-corrected chi connectivity index (χ0v) is 14.2. The molecule has 0 saturated carbocycles. The number of piperidine rings is 1. The average molecular weight is 335 g/mol. The van der Waals surface area contributed by atoms with E-state index < -0.39 is 0 Å². The molecule has 0 aliphatic carbocycles. The number of hydrogen-bond donors (Lipinski definition) is 3. The monoisotopic (exact) mass is 335 g/mol. The fourth-order valence-corrected chi connectivity index (χ4v) is 3.52. The molecular formula is C20H21N3O2. The highest BCUT2D eigenvalue weighted by atomic mass is 16.1. The van der Waals surface area contributed by atoms with Crippen molar-refractivity contribution < 1.29 is 4.79 Å². The molecule has 2 heterocycles. The summed E-state index contributed by atoms with van der Waals surface area (Å²) in [5.41, 5.74) is 1.84. The summed E-state index contributed by atoms with van der Waals surface area (Å²) in [5.74, 6) is -0.0969. The van der Waals surface area contributed by atoms with Crippen LogP contribution in [-0.2, 0) is 0 Å². The highest BCUT2D eigenvalue weighted by Crippen LogP contribution is 2.20. The van der Waals surface area contributed by atoms with Gasteiger partial charge in [0.05, 0.1) is 5.52 Å². The van der Waals surface area contributed by atoms with Gasteiger partial charge in [-0.1, -0.05) is 12.1 Å². The van der Waals surface area contributed by atoms with Crippen molar-refractivity contribution in [1.29, 1.82) is 0 Å². The Morgan fingerprint density at radius 1 is 1.04 bits per heavy atom. The Balaban J connectivity index is 1.72. The first-order valence-corrected chi connectivity index (χ1v) is 8.64. The van der Waals surface area contributed by atoms with Crippen molar-refractivity contribution in [3.8, 4) is 0 Å². The molecule has 5 heteroatoms. The fourth-order valence-electron chi connectivity index (χ4n) is 3.52. The Hall–Kier alpha value is -2.66. The number of aromatic nitrogens is 1. The molecule has 0 spiro atoms. The van der Waals surface area contributed by atoms with Gasteiger partial charge in [0, 0.05) is 27.4 Å². The molecular weight excluding hydrogens is 314 g/mol. The van der Waals surface area contributed by atoms with E-state index in [1.165, 1.54) is 0 Å². The van der Waals surface area contributed by atoms with Crippen LogP contribution in [0, 0.1) is 0 Å². The minimum atomic E-state index is -0.186.